The van der Waals surface area contributed by atoms with E-state index in [1.807, 2.05) is 30.5 Å². The van der Waals surface area contributed by atoms with Gasteiger partial charge >= 0.3 is 12.4 Å². The van der Waals surface area contributed by atoms with Crippen molar-refractivity contribution in [1.82, 2.24) is 10.3 Å². The Kier molecular flexibility index (Phi) is 5.17. The monoisotopic (exact) mass is 428 g/mol. The molecule has 2 aromatic carbocycles. The van der Waals surface area contributed by atoms with E-state index in [0.717, 1.165) is 16.5 Å². The molecule has 0 radical (unpaired) electrons. The van der Waals surface area contributed by atoms with Gasteiger partial charge in [-0.2, -0.15) is 26.3 Å². The average Bonchev–Trinajstić information content (AvgIpc) is 3.31. The zero-order chi connectivity index (χ0) is 21.5. The second-order valence-electron chi connectivity index (χ2n) is 7.37. The largest absolute Gasteiger partial charge is 0.493 e. The molecule has 30 heavy (non-hydrogen) atoms. The fraction of sp³-hybridized carbons (Fsp3) is 0.333. The minimum absolute atomic E-state index is 0.00419. The highest BCUT2D eigenvalue weighted by Gasteiger charge is 2.37. The molecule has 1 aliphatic rings. The molecule has 1 aromatic heterocycles. The van der Waals surface area contributed by atoms with Crippen molar-refractivity contribution in [2.75, 3.05) is 19.7 Å². The summed E-state index contributed by atoms with van der Waals surface area (Å²) in [5.74, 6) is -0.524. The third kappa shape index (κ3) is 4.12. The lowest BCUT2D eigenvalue weighted by Gasteiger charge is -2.20. The van der Waals surface area contributed by atoms with Crippen LogP contribution in [0.2, 0.25) is 0 Å². The van der Waals surface area contributed by atoms with Gasteiger partial charge in [0.25, 0.3) is 0 Å². The number of alkyl halides is 6. The summed E-state index contributed by atoms with van der Waals surface area (Å²) in [6.07, 6.45) is -7.91. The minimum atomic E-state index is -4.90. The number of aromatic nitrogens is 1. The highest BCUT2D eigenvalue weighted by Crippen LogP contribution is 2.39. The molecule has 0 bridgehead atoms. The van der Waals surface area contributed by atoms with Crippen molar-refractivity contribution < 1.29 is 31.1 Å². The van der Waals surface area contributed by atoms with E-state index in [0.29, 0.717) is 25.2 Å². The number of nitrogens with one attached hydrogen (secondary N) is 2. The van der Waals surface area contributed by atoms with Crippen LogP contribution >= 0.6 is 0 Å². The third-order valence-corrected chi connectivity index (χ3v) is 5.39. The second-order valence-corrected chi connectivity index (χ2v) is 7.37. The van der Waals surface area contributed by atoms with Crippen molar-refractivity contribution in [3.05, 3.63) is 65.4 Å². The van der Waals surface area contributed by atoms with Crippen LogP contribution in [-0.4, -0.2) is 24.7 Å². The van der Waals surface area contributed by atoms with Gasteiger partial charge in [0, 0.05) is 42.0 Å². The summed E-state index contributed by atoms with van der Waals surface area (Å²) in [5.41, 5.74) is -0.758. The lowest BCUT2D eigenvalue weighted by atomic mass is 9.89. The first-order valence-corrected chi connectivity index (χ1v) is 9.32. The van der Waals surface area contributed by atoms with E-state index in [-0.39, 0.29) is 24.5 Å². The molecule has 3 nitrogen and oxygen atoms in total. The molecule has 0 aliphatic carbocycles. The number of rotatable bonds is 4. The average molecular weight is 428 g/mol. The zero-order valence-corrected chi connectivity index (χ0v) is 15.6. The number of benzene rings is 2. The maximum Gasteiger partial charge on any atom is 0.416 e. The Morgan fingerprint density at radius 1 is 0.900 bits per heavy atom. The number of aromatic amines is 1. The lowest BCUT2D eigenvalue weighted by molar-refractivity contribution is -0.143. The van der Waals surface area contributed by atoms with Crippen molar-refractivity contribution >= 4 is 10.9 Å². The molecule has 0 amide bonds. The van der Waals surface area contributed by atoms with E-state index >= 15 is 0 Å². The van der Waals surface area contributed by atoms with Gasteiger partial charge in [0.15, 0.2) is 0 Å². The molecule has 160 valence electrons. The van der Waals surface area contributed by atoms with Gasteiger partial charge in [-0.25, -0.2) is 0 Å². The summed E-state index contributed by atoms with van der Waals surface area (Å²) in [5, 5.41) is 4.27. The molecule has 2 unspecified atom stereocenters. The molecular weight excluding hydrogens is 410 g/mol. The quantitative estimate of drug-likeness (QED) is 0.532. The van der Waals surface area contributed by atoms with Crippen LogP contribution in [0, 0.1) is 5.92 Å². The number of halogens is 6. The maximum absolute atomic E-state index is 13.0. The Morgan fingerprint density at radius 3 is 2.23 bits per heavy atom. The molecule has 0 saturated carbocycles. The van der Waals surface area contributed by atoms with Gasteiger partial charge in [-0.15, -0.1) is 0 Å². The summed E-state index contributed by atoms with van der Waals surface area (Å²) in [6.45, 7) is 1.19. The summed E-state index contributed by atoms with van der Waals surface area (Å²) in [6, 6.07) is 9.04. The van der Waals surface area contributed by atoms with Gasteiger partial charge in [-0.1, -0.05) is 18.2 Å². The van der Waals surface area contributed by atoms with Crippen LogP contribution in [0.25, 0.3) is 10.9 Å². The number of hydrogen-bond donors (Lipinski definition) is 2. The Morgan fingerprint density at radius 2 is 1.57 bits per heavy atom. The molecule has 9 heteroatoms. The van der Waals surface area contributed by atoms with Gasteiger partial charge in [0.05, 0.1) is 17.7 Å². The van der Waals surface area contributed by atoms with Gasteiger partial charge in [0.2, 0.25) is 0 Å². The van der Waals surface area contributed by atoms with Crippen LogP contribution in [0.15, 0.2) is 48.7 Å². The van der Waals surface area contributed by atoms with E-state index in [1.165, 1.54) is 0 Å². The maximum atomic E-state index is 13.0. The Labute approximate surface area is 168 Å². The molecule has 4 rings (SSSR count). The zero-order valence-electron chi connectivity index (χ0n) is 15.6. The van der Waals surface area contributed by atoms with E-state index in [1.54, 1.807) is 0 Å². The first kappa shape index (κ1) is 20.6. The molecule has 2 heterocycles. The number of hydrogen-bond acceptors (Lipinski definition) is 2. The van der Waals surface area contributed by atoms with Crippen molar-refractivity contribution in [1.29, 1.82) is 0 Å². The Bertz CT molecular complexity index is 1010. The van der Waals surface area contributed by atoms with Crippen LogP contribution in [0.1, 0.15) is 22.6 Å². The van der Waals surface area contributed by atoms with Crippen LogP contribution in [0.4, 0.5) is 26.3 Å². The van der Waals surface area contributed by atoms with Crippen molar-refractivity contribution in [3.63, 3.8) is 0 Å². The van der Waals surface area contributed by atoms with Crippen LogP contribution in [-0.2, 0) is 12.4 Å². The SMILES string of the molecule is FC(F)(F)c1cc(OCC2CNCC2c2c[nH]c3ccccc23)cc(C(F)(F)F)c1. The molecule has 2 N–H and O–H groups in total. The molecule has 0 spiro atoms. The summed E-state index contributed by atoms with van der Waals surface area (Å²) < 4.78 is 83.7. The fourth-order valence-corrected chi connectivity index (χ4v) is 3.89. The summed E-state index contributed by atoms with van der Waals surface area (Å²) in [4.78, 5) is 3.19. The van der Waals surface area contributed by atoms with Gasteiger partial charge in [0.1, 0.15) is 5.75 Å². The molecular formula is C21H18F6N2O. The van der Waals surface area contributed by atoms with Crippen molar-refractivity contribution in [3.8, 4) is 5.75 Å². The van der Waals surface area contributed by atoms with Gasteiger partial charge in [-0.05, 0) is 29.8 Å². The minimum Gasteiger partial charge on any atom is -0.493 e. The highest BCUT2D eigenvalue weighted by molar-refractivity contribution is 5.83. The standard InChI is InChI=1S/C21H18F6N2O/c22-20(23,24)13-5-14(21(25,26)27)7-15(6-13)30-11-12-8-28-9-17(12)18-10-29-19-4-2-1-3-16(18)19/h1-7,10,12,17,28-29H,8-9,11H2. The number of para-hydroxylation sites is 1. The summed E-state index contributed by atoms with van der Waals surface area (Å²) in [7, 11) is 0. The predicted molar refractivity (Wildman–Crippen MR) is 99.3 cm³/mol. The number of fused-ring (bicyclic) bond motifs is 1. The van der Waals surface area contributed by atoms with Crippen LogP contribution in [0.3, 0.4) is 0 Å². The van der Waals surface area contributed by atoms with Gasteiger partial charge in [-0.3, -0.25) is 0 Å². The van der Waals surface area contributed by atoms with E-state index in [2.05, 4.69) is 10.3 Å². The summed E-state index contributed by atoms with van der Waals surface area (Å²) >= 11 is 0. The molecule has 2 atom stereocenters. The van der Waals surface area contributed by atoms with Crippen LogP contribution < -0.4 is 10.1 Å². The lowest BCUT2D eigenvalue weighted by Crippen LogP contribution is -2.20. The Balaban J connectivity index is 1.56. The van der Waals surface area contributed by atoms with Crippen molar-refractivity contribution in [2.24, 2.45) is 5.92 Å². The highest BCUT2D eigenvalue weighted by atomic mass is 19.4. The number of H-pyrrole nitrogens is 1. The predicted octanol–water partition coefficient (Wildman–Crippen LogP) is 5.59. The first-order chi connectivity index (χ1) is 14.1. The topological polar surface area (TPSA) is 37.0 Å². The molecule has 1 fully saturated rings. The normalized spacial score (nSPS) is 20.1. The fourth-order valence-electron chi connectivity index (χ4n) is 3.89. The van der Waals surface area contributed by atoms with E-state index in [9.17, 15) is 26.3 Å². The molecule has 1 saturated heterocycles. The first-order valence-electron chi connectivity index (χ1n) is 9.32. The van der Waals surface area contributed by atoms with Crippen molar-refractivity contribution in [2.45, 2.75) is 18.3 Å². The van der Waals surface area contributed by atoms with Gasteiger partial charge < -0.3 is 15.0 Å². The Hall–Kier alpha value is -2.68. The third-order valence-electron chi connectivity index (χ3n) is 5.39. The molecule has 1 aliphatic heterocycles. The second kappa shape index (κ2) is 7.54. The van der Waals surface area contributed by atoms with E-state index < -0.39 is 29.2 Å². The van der Waals surface area contributed by atoms with E-state index in [4.69, 9.17) is 4.74 Å². The van der Waals surface area contributed by atoms with Crippen LogP contribution in [0.5, 0.6) is 5.75 Å². The number of ether oxygens (including phenoxy) is 1. The smallest absolute Gasteiger partial charge is 0.416 e. The molecule has 3 aromatic rings.